The van der Waals surface area contributed by atoms with Crippen LogP contribution in [-0.4, -0.2) is 15.3 Å². The Kier molecular flexibility index (Phi) is 4.45. The van der Waals surface area contributed by atoms with E-state index in [0.717, 1.165) is 24.3 Å². The van der Waals surface area contributed by atoms with E-state index in [0.29, 0.717) is 10.7 Å². The lowest BCUT2D eigenvalue weighted by Crippen LogP contribution is -2.25. The van der Waals surface area contributed by atoms with Crippen molar-refractivity contribution in [3.63, 3.8) is 0 Å². The third-order valence-corrected chi connectivity index (χ3v) is 3.90. The second-order valence-electron chi connectivity index (χ2n) is 5.48. The summed E-state index contributed by atoms with van der Waals surface area (Å²) < 4.78 is 39.0. The molecule has 0 fully saturated rings. The van der Waals surface area contributed by atoms with Crippen molar-refractivity contribution >= 4 is 28.8 Å². The fraction of sp³-hybridized carbons (Fsp3) is 0.118. The number of rotatable bonds is 2. The third kappa shape index (κ3) is 3.41. The molecule has 0 radical (unpaired) electrons. The fourth-order valence-electron chi connectivity index (χ4n) is 2.36. The molecule has 0 spiro atoms. The van der Waals surface area contributed by atoms with E-state index in [1.54, 1.807) is 19.1 Å². The first-order valence-corrected chi connectivity index (χ1v) is 7.72. The highest BCUT2D eigenvalue weighted by Crippen LogP contribution is 2.29. The van der Waals surface area contributed by atoms with E-state index in [4.69, 9.17) is 11.6 Å². The molecule has 26 heavy (non-hydrogen) atoms. The van der Waals surface area contributed by atoms with Crippen molar-refractivity contribution in [1.29, 1.82) is 0 Å². The molecule has 0 unspecified atom stereocenters. The van der Waals surface area contributed by atoms with Gasteiger partial charge in [-0.05, 0) is 43.3 Å². The number of nitrogens with one attached hydrogen (secondary N) is 1. The molecular formula is C17H11ClF3N3O2. The van der Waals surface area contributed by atoms with Gasteiger partial charge in [-0.25, -0.2) is 4.98 Å². The van der Waals surface area contributed by atoms with Crippen molar-refractivity contribution in [2.24, 2.45) is 0 Å². The van der Waals surface area contributed by atoms with Crippen LogP contribution >= 0.6 is 11.6 Å². The number of alkyl halides is 3. The minimum atomic E-state index is -4.49. The van der Waals surface area contributed by atoms with Gasteiger partial charge in [-0.2, -0.15) is 13.2 Å². The van der Waals surface area contributed by atoms with Crippen LogP contribution in [0.3, 0.4) is 0 Å². The van der Waals surface area contributed by atoms with Crippen LogP contribution in [0.4, 0.5) is 18.9 Å². The first-order chi connectivity index (χ1) is 12.2. The Morgan fingerprint density at radius 3 is 2.42 bits per heavy atom. The highest BCUT2D eigenvalue weighted by atomic mass is 35.5. The topological polar surface area (TPSA) is 63.5 Å². The zero-order valence-corrected chi connectivity index (χ0v) is 14.0. The lowest BCUT2D eigenvalue weighted by atomic mass is 10.1. The third-order valence-electron chi connectivity index (χ3n) is 3.68. The zero-order chi connectivity index (χ0) is 19.1. The van der Waals surface area contributed by atoms with Crippen LogP contribution in [0.5, 0.6) is 0 Å². The van der Waals surface area contributed by atoms with Gasteiger partial charge in [-0.15, -0.1) is 0 Å². The molecule has 0 aliphatic rings. The van der Waals surface area contributed by atoms with E-state index in [2.05, 4.69) is 10.3 Å². The first-order valence-electron chi connectivity index (χ1n) is 7.34. The maximum atomic E-state index is 12.6. The predicted octanol–water partition coefficient (Wildman–Crippen LogP) is 3.93. The molecule has 0 aliphatic carbocycles. The first kappa shape index (κ1) is 17.9. The molecule has 3 rings (SSSR count). The Hall–Kier alpha value is -2.87. The Labute approximate surface area is 150 Å². The molecule has 3 aromatic rings. The van der Waals surface area contributed by atoms with E-state index < -0.39 is 23.2 Å². The molecule has 1 N–H and O–H groups in total. The molecular weight excluding hydrogens is 371 g/mol. The number of aromatic nitrogens is 2. The molecule has 0 bridgehead atoms. The van der Waals surface area contributed by atoms with Gasteiger partial charge < -0.3 is 5.32 Å². The number of amides is 1. The Morgan fingerprint density at radius 1 is 1.15 bits per heavy atom. The van der Waals surface area contributed by atoms with E-state index in [9.17, 15) is 22.8 Å². The minimum Gasteiger partial charge on any atom is -0.316 e. The number of nitrogens with zero attached hydrogens (tertiary/aromatic N) is 2. The van der Waals surface area contributed by atoms with Crippen molar-refractivity contribution in [3.05, 3.63) is 74.8 Å². The summed E-state index contributed by atoms with van der Waals surface area (Å²) in [4.78, 5) is 29.1. The van der Waals surface area contributed by atoms with Gasteiger partial charge in [0.2, 0.25) is 0 Å². The molecule has 2 heterocycles. The number of benzene rings is 1. The fourth-order valence-corrected chi connectivity index (χ4v) is 2.52. The number of hydrogen-bond donors (Lipinski definition) is 1. The number of pyridine rings is 1. The molecule has 134 valence electrons. The van der Waals surface area contributed by atoms with Crippen LogP contribution in [0.25, 0.3) is 5.65 Å². The molecule has 1 amide bonds. The number of aryl methyl sites for hydroxylation is 1. The maximum Gasteiger partial charge on any atom is 0.416 e. The van der Waals surface area contributed by atoms with Gasteiger partial charge in [0, 0.05) is 11.8 Å². The van der Waals surface area contributed by atoms with E-state index in [1.807, 2.05) is 0 Å². The molecule has 5 nitrogen and oxygen atoms in total. The van der Waals surface area contributed by atoms with E-state index in [1.165, 1.54) is 10.6 Å². The summed E-state index contributed by atoms with van der Waals surface area (Å²) in [5.41, 5.74) is -0.882. The summed E-state index contributed by atoms with van der Waals surface area (Å²) in [7, 11) is 0. The summed E-state index contributed by atoms with van der Waals surface area (Å²) in [5.74, 6) is -0.720. The summed E-state index contributed by atoms with van der Waals surface area (Å²) in [5, 5.41) is 2.72. The smallest absolute Gasteiger partial charge is 0.316 e. The number of anilines is 1. The molecule has 9 heteroatoms. The van der Waals surface area contributed by atoms with Crippen LogP contribution in [-0.2, 0) is 6.18 Å². The Morgan fingerprint density at radius 2 is 1.81 bits per heavy atom. The van der Waals surface area contributed by atoms with Crippen LogP contribution in [0, 0.1) is 6.92 Å². The van der Waals surface area contributed by atoms with Gasteiger partial charge >= 0.3 is 6.18 Å². The number of carbonyl (C=O) groups excluding carboxylic acids is 1. The standard InChI is InChI=1S/C17H11ClF3N3O2/c1-9-14(16(26)24-8-12(18)6-7-13(24)22-9)23-15(25)10-2-4-11(5-3-10)17(19,20)21/h2-8H,1H3,(H,23,25). The number of halogens is 4. The van der Waals surface area contributed by atoms with Crippen molar-refractivity contribution in [2.75, 3.05) is 5.32 Å². The lowest BCUT2D eigenvalue weighted by molar-refractivity contribution is -0.137. The SMILES string of the molecule is Cc1nc2ccc(Cl)cn2c(=O)c1NC(=O)c1ccc(C(F)(F)F)cc1. The van der Waals surface area contributed by atoms with E-state index >= 15 is 0 Å². The Balaban J connectivity index is 1.96. The van der Waals surface area contributed by atoms with Crippen LogP contribution in [0.1, 0.15) is 21.6 Å². The highest BCUT2D eigenvalue weighted by molar-refractivity contribution is 6.30. The Bertz CT molecular complexity index is 1060. The highest BCUT2D eigenvalue weighted by Gasteiger charge is 2.30. The average Bonchev–Trinajstić information content (AvgIpc) is 2.58. The van der Waals surface area contributed by atoms with Gasteiger partial charge in [0.25, 0.3) is 11.5 Å². The van der Waals surface area contributed by atoms with Crippen molar-refractivity contribution < 1.29 is 18.0 Å². The molecule has 0 saturated heterocycles. The van der Waals surface area contributed by atoms with Crippen molar-refractivity contribution in [3.8, 4) is 0 Å². The molecule has 0 atom stereocenters. The monoisotopic (exact) mass is 381 g/mol. The number of hydrogen-bond acceptors (Lipinski definition) is 3. The summed E-state index contributed by atoms with van der Waals surface area (Å²) in [6.45, 7) is 1.54. The normalized spacial score (nSPS) is 11.6. The number of fused-ring (bicyclic) bond motifs is 1. The predicted molar refractivity (Wildman–Crippen MR) is 90.6 cm³/mol. The number of carbonyl (C=O) groups is 1. The summed E-state index contributed by atoms with van der Waals surface area (Å²) in [6.07, 6.45) is -3.13. The van der Waals surface area contributed by atoms with Gasteiger partial charge in [-0.1, -0.05) is 11.6 Å². The largest absolute Gasteiger partial charge is 0.416 e. The zero-order valence-electron chi connectivity index (χ0n) is 13.3. The van der Waals surface area contributed by atoms with E-state index in [-0.39, 0.29) is 16.9 Å². The van der Waals surface area contributed by atoms with Gasteiger partial charge in [0.15, 0.2) is 0 Å². The summed E-state index contributed by atoms with van der Waals surface area (Å²) in [6, 6.07) is 6.80. The summed E-state index contributed by atoms with van der Waals surface area (Å²) >= 11 is 5.87. The average molecular weight is 382 g/mol. The van der Waals surface area contributed by atoms with Gasteiger partial charge in [0.05, 0.1) is 16.3 Å². The van der Waals surface area contributed by atoms with Crippen LogP contribution in [0.15, 0.2) is 47.4 Å². The quantitative estimate of drug-likeness (QED) is 0.731. The second-order valence-corrected chi connectivity index (χ2v) is 5.92. The minimum absolute atomic E-state index is 0.0204. The molecule has 1 aromatic carbocycles. The molecule has 0 saturated carbocycles. The maximum absolute atomic E-state index is 12.6. The van der Waals surface area contributed by atoms with Gasteiger partial charge in [-0.3, -0.25) is 14.0 Å². The molecule has 2 aromatic heterocycles. The van der Waals surface area contributed by atoms with Crippen molar-refractivity contribution in [2.45, 2.75) is 13.1 Å². The van der Waals surface area contributed by atoms with Crippen LogP contribution < -0.4 is 10.9 Å². The molecule has 0 aliphatic heterocycles. The van der Waals surface area contributed by atoms with Crippen LogP contribution in [0.2, 0.25) is 5.02 Å². The second kappa shape index (κ2) is 6.45. The van der Waals surface area contributed by atoms with Crippen molar-refractivity contribution in [1.82, 2.24) is 9.38 Å². The van der Waals surface area contributed by atoms with Gasteiger partial charge in [0.1, 0.15) is 11.3 Å². The lowest BCUT2D eigenvalue weighted by Gasteiger charge is -2.11.